The topological polar surface area (TPSA) is 96.7 Å². The van der Waals surface area contributed by atoms with Gasteiger partial charge in [-0.15, -0.1) is 0 Å². The van der Waals surface area contributed by atoms with Crippen molar-refractivity contribution in [2.24, 2.45) is 0 Å². The van der Waals surface area contributed by atoms with E-state index in [4.69, 9.17) is 17.0 Å². The Morgan fingerprint density at radius 1 is 1.14 bits per heavy atom. The third kappa shape index (κ3) is 4.95. The molecule has 1 heterocycles. The van der Waals surface area contributed by atoms with E-state index in [0.717, 1.165) is 37.3 Å². The monoisotopic (exact) mass is 400 g/mol. The number of nitro benzene ring substituents is 1. The SMILES string of the molecule is O=C(COc1ccccc1[N+](=O)[O-])NC(=S)Nc1ccccc1N1CCCC1. The van der Waals surface area contributed by atoms with E-state index in [1.54, 1.807) is 6.07 Å². The number of nitrogens with one attached hydrogen (secondary N) is 2. The molecule has 1 aliphatic rings. The minimum Gasteiger partial charge on any atom is -0.477 e. The van der Waals surface area contributed by atoms with Gasteiger partial charge < -0.3 is 15.0 Å². The third-order valence-corrected chi connectivity index (χ3v) is 4.48. The first-order valence-corrected chi connectivity index (χ1v) is 9.26. The number of benzene rings is 2. The summed E-state index contributed by atoms with van der Waals surface area (Å²) >= 11 is 5.22. The fourth-order valence-corrected chi connectivity index (χ4v) is 3.23. The molecule has 1 aliphatic heterocycles. The number of para-hydroxylation sites is 4. The molecule has 1 amide bonds. The van der Waals surface area contributed by atoms with Crippen molar-refractivity contribution in [3.05, 3.63) is 58.6 Å². The number of ether oxygens (including phenoxy) is 1. The van der Waals surface area contributed by atoms with Gasteiger partial charge in [0, 0.05) is 19.2 Å². The summed E-state index contributed by atoms with van der Waals surface area (Å²) in [4.78, 5) is 24.8. The first kappa shape index (κ1) is 19.6. The molecule has 0 aromatic heterocycles. The molecule has 8 nitrogen and oxygen atoms in total. The molecule has 1 saturated heterocycles. The molecule has 0 bridgehead atoms. The number of nitro groups is 1. The molecule has 28 heavy (non-hydrogen) atoms. The molecule has 0 radical (unpaired) electrons. The Morgan fingerprint density at radius 3 is 2.57 bits per heavy atom. The van der Waals surface area contributed by atoms with Crippen LogP contribution in [0.4, 0.5) is 17.1 Å². The molecule has 2 N–H and O–H groups in total. The fourth-order valence-electron chi connectivity index (χ4n) is 3.00. The average Bonchev–Trinajstić information content (AvgIpc) is 3.21. The fraction of sp³-hybridized carbons (Fsp3) is 0.263. The Labute approximate surface area is 167 Å². The van der Waals surface area contributed by atoms with Crippen molar-refractivity contribution in [2.75, 3.05) is 29.9 Å². The zero-order valence-electron chi connectivity index (χ0n) is 15.1. The number of carbonyl (C=O) groups is 1. The second-order valence-electron chi connectivity index (χ2n) is 6.23. The van der Waals surface area contributed by atoms with E-state index in [0.29, 0.717) is 0 Å². The number of anilines is 2. The van der Waals surface area contributed by atoms with Gasteiger partial charge in [-0.25, -0.2) is 0 Å². The summed E-state index contributed by atoms with van der Waals surface area (Å²) in [5, 5.41) is 16.7. The molecule has 2 aromatic carbocycles. The van der Waals surface area contributed by atoms with Gasteiger partial charge >= 0.3 is 5.69 Å². The minimum absolute atomic E-state index is 0.0286. The van der Waals surface area contributed by atoms with Gasteiger partial charge in [-0.2, -0.15) is 0 Å². The van der Waals surface area contributed by atoms with E-state index in [9.17, 15) is 14.9 Å². The highest BCUT2D eigenvalue weighted by Crippen LogP contribution is 2.28. The van der Waals surface area contributed by atoms with E-state index in [1.165, 1.54) is 18.2 Å². The highest BCUT2D eigenvalue weighted by Gasteiger charge is 2.17. The van der Waals surface area contributed by atoms with Crippen LogP contribution in [-0.4, -0.2) is 35.6 Å². The van der Waals surface area contributed by atoms with Gasteiger partial charge in [0.1, 0.15) is 0 Å². The standard InChI is InChI=1S/C19H20N4O4S/c24-18(13-27-17-10-4-3-9-16(17)23(25)26)21-19(28)20-14-7-1-2-8-15(14)22-11-5-6-12-22/h1-4,7-10H,5-6,11-13H2,(H2,20,21,24,28). The number of hydrogen-bond acceptors (Lipinski definition) is 6. The van der Waals surface area contributed by atoms with Crippen molar-refractivity contribution in [1.29, 1.82) is 0 Å². The second-order valence-corrected chi connectivity index (χ2v) is 6.64. The summed E-state index contributed by atoms with van der Waals surface area (Å²) in [6.07, 6.45) is 2.30. The maximum absolute atomic E-state index is 12.1. The van der Waals surface area contributed by atoms with Crippen molar-refractivity contribution < 1.29 is 14.5 Å². The average molecular weight is 400 g/mol. The zero-order valence-corrected chi connectivity index (χ0v) is 15.9. The molecule has 0 aliphatic carbocycles. The Kier molecular flexibility index (Phi) is 6.38. The Morgan fingerprint density at radius 2 is 1.82 bits per heavy atom. The summed E-state index contributed by atoms with van der Waals surface area (Å²) in [7, 11) is 0. The van der Waals surface area contributed by atoms with Crippen molar-refractivity contribution >= 4 is 40.3 Å². The molecule has 9 heteroatoms. The van der Waals surface area contributed by atoms with E-state index in [1.807, 2.05) is 24.3 Å². The lowest BCUT2D eigenvalue weighted by molar-refractivity contribution is -0.385. The van der Waals surface area contributed by atoms with Crippen LogP contribution in [0.15, 0.2) is 48.5 Å². The number of thiocarbonyl (C=S) groups is 1. The number of rotatable bonds is 6. The zero-order chi connectivity index (χ0) is 19.9. The quantitative estimate of drug-likeness (QED) is 0.437. The van der Waals surface area contributed by atoms with Gasteiger partial charge in [0.15, 0.2) is 17.5 Å². The molecular formula is C19H20N4O4S. The largest absolute Gasteiger partial charge is 0.477 e. The predicted molar refractivity (Wildman–Crippen MR) is 111 cm³/mol. The van der Waals surface area contributed by atoms with Crippen LogP contribution in [0, 0.1) is 10.1 Å². The van der Waals surface area contributed by atoms with Crippen molar-refractivity contribution in [2.45, 2.75) is 12.8 Å². The maximum Gasteiger partial charge on any atom is 0.310 e. The predicted octanol–water partition coefficient (Wildman–Crippen LogP) is 3.09. The van der Waals surface area contributed by atoms with E-state index in [2.05, 4.69) is 15.5 Å². The van der Waals surface area contributed by atoms with Crippen LogP contribution in [0.2, 0.25) is 0 Å². The number of carbonyl (C=O) groups excluding carboxylic acids is 1. The van der Waals surface area contributed by atoms with Crippen molar-refractivity contribution in [3.63, 3.8) is 0 Å². The lowest BCUT2D eigenvalue weighted by atomic mass is 10.2. The number of nitrogens with zero attached hydrogens (tertiary/aromatic N) is 2. The second kappa shape index (κ2) is 9.14. The molecular weight excluding hydrogens is 380 g/mol. The maximum atomic E-state index is 12.1. The lowest BCUT2D eigenvalue weighted by Gasteiger charge is -2.22. The molecule has 0 atom stereocenters. The van der Waals surface area contributed by atoms with Crippen molar-refractivity contribution in [1.82, 2.24) is 5.32 Å². The van der Waals surface area contributed by atoms with Crippen LogP contribution >= 0.6 is 12.2 Å². The van der Waals surface area contributed by atoms with Crippen LogP contribution in [0.25, 0.3) is 0 Å². The molecule has 1 fully saturated rings. The molecule has 0 unspecified atom stereocenters. The van der Waals surface area contributed by atoms with E-state index >= 15 is 0 Å². The van der Waals surface area contributed by atoms with Crippen LogP contribution < -0.4 is 20.3 Å². The van der Waals surface area contributed by atoms with Gasteiger partial charge in [-0.05, 0) is 43.3 Å². The molecule has 146 valence electrons. The third-order valence-electron chi connectivity index (χ3n) is 4.27. The summed E-state index contributed by atoms with van der Waals surface area (Å²) in [5.74, 6) is -0.477. The highest BCUT2D eigenvalue weighted by atomic mass is 32.1. The van der Waals surface area contributed by atoms with Crippen LogP contribution in [-0.2, 0) is 4.79 Å². The Bertz CT molecular complexity index is 884. The summed E-state index contributed by atoms with van der Waals surface area (Å²) < 4.78 is 5.27. The molecule has 3 rings (SSSR count). The normalized spacial score (nSPS) is 13.1. The van der Waals surface area contributed by atoms with Crippen LogP contribution in [0.1, 0.15) is 12.8 Å². The Balaban J connectivity index is 1.56. The highest BCUT2D eigenvalue weighted by molar-refractivity contribution is 7.80. The molecule has 0 spiro atoms. The lowest BCUT2D eigenvalue weighted by Crippen LogP contribution is -2.37. The van der Waals surface area contributed by atoms with E-state index in [-0.39, 0.29) is 23.2 Å². The van der Waals surface area contributed by atoms with Gasteiger partial charge in [-0.1, -0.05) is 24.3 Å². The van der Waals surface area contributed by atoms with Crippen LogP contribution in [0.5, 0.6) is 5.75 Å². The number of hydrogen-bond donors (Lipinski definition) is 2. The van der Waals surface area contributed by atoms with Gasteiger partial charge in [0.25, 0.3) is 5.91 Å². The Hall–Kier alpha value is -3.20. The summed E-state index contributed by atoms with van der Waals surface area (Å²) in [5.41, 5.74) is 1.65. The number of amides is 1. The van der Waals surface area contributed by atoms with Gasteiger partial charge in [0.2, 0.25) is 0 Å². The first-order valence-electron chi connectivity index (χ1n) is 8.85. The van der Waals surface area contributed by atoms with Gasteiger partial charge in [0.05, 0.1) is 16.3 Å². The van der Waals surface area contributed by atoms with E-state index < -0.39 is 10.8 Å². The van der Waals surface area contributed by atoms with Gasteiger partial charge in [-0.3, -0.25) is 20.2 Å². The first-order chi connectivity index (χ1) is 13.5. The summed E-state index contributed by atoms with van der Waals surface area (Å²) in [6, 6.07) is 13.6. The molecule has 0 saturated carbocycles. The smallest absolute Gasteiger partial charge is 0.310 e. The molecule has 2 aromatic rings. The minimum atomic E-state index is -0.561. The summed E-state index contributed by atoms with van der Waals surface area (Å²) in [6.45, 7) is 1.59. The van der Waals surface area contributed by atoms with Crippen molar-refractivity contribution in [3.8, 4) is 5.75 Å². The van der Waals surface area contributed by atoms with Crippen LogP contribution in [0.3, 0.4) is 0 Å².